The van der Waals surface area contributed by atoms with Gasteiger partial charge in [0.05, 0.1) is 21.3 Å². The van der Waals surface area contributed by atoms with Crippen molar-refractivity contribution in [1.29, 1.82) is 0 Å². The molecule has 0 atom stereocenters. The SMILES string of the molecule is C#CCC(C/C=C/[Si](C)(C)C)(C(=O)OCC)C(=O)OCC. The highest BCUT2D eigenvalue weighted by Crippen LogP contribution is 2.31. The quantitative estimate of drug-likeness (QED) is 0.299. The number of esters is 2. The molecule has 21 heavy (non-hydrogen) atoms. The van der Waals surface area contributed by atoms with E-state index in [9.17, 15) is 9.59 Å². The van der Waals surface area contributed by atoms with Crippen molar-refractivity contribution in [2.24, 2.45) is 5.41 Å². The Hall–Kier alpha value is -1.54. The molecule has 0 saturated heterocycles. The van der Waals surface area contributed by atoms with Crippen molar-refractivity contribution < 1.29 is 19.1 Å². The Labute approximate surface area is 128 Å². The summed E-state index contributed by atoms with van der Waals surface area (Å²) in [5.41, 5.74) is 0.646. The van der Waals surface area contributed by atoms with Crippen LogP contribution in [0.2, 0.25) is 19.6 Å². The standard InChI is InChI=1S/C16H26O4Si/c1-7-11-16(14(17)19-8-2,15(18)20-9-3)12-10-13-21(4,5)6/h1,10,13H,8-9,11-12H2,2-6H3/b13-10+. The molecule has 0 aromatic heterocycles. The van der Waals surface area contributed by atoms with Crippen LogP contribution in [0.5, 0.6) is 0 Å². The first-order valence-electron chi connectivity index (χ1n) is 7.19. The topological polar surface area (TPSA) is 52.6 Å². The van der Waals surface area contributed by atoms with Crippen LogP contribution in [0.25, 0.3) is 0 Å². The van der Waals surface area contributed by atoms with Crippen LogP contribution < -0.4 is 0 Å². The molecule has 0 unspecified atom stereocenters. The summed E-state index contributed by atoms with van der Waals surface area (Å²) in [5.74, 6) is 1.19. The van der Waals surface area contributed by atoms with Crippen molar-refractivity contribution in [2.45, 2.75) is 46.3 Å². The lowest BCUT2D eigenvalue weighted by atomic mass is 9.81. The van der Waals surface area contributed by atoms with Crippen LogP contribution in [0.1, 0.15) is 26.7 Å². The lowest BCUT2D eigenvalue weighted by molar-refractivity contribution is -0.171. The van der Waals surface area contributed by atoms with Crippen molar-refractivity contribution in [3.05, 3.63) is 11.8 Å². The average Bonchev–Trinajstić information content (AvgIpc) is 2.36. The zero-order valence-electron chi connectivity index (χ0n) is 13.7. The van der Waals surface area contributed by atoms with Gasteiger partial charge in [-0.1, -0.05) is 31.4 Å². The van der Waals surface area contributed by atoms with Gasteiger partial charge in [-0.05, 0) is 20.3 Å². The van der Waals surface area contributed by atoms with Crippen LogP contribution >= 0.6 is 0 Å². The number of hydrogen-bond donors (Lipinski definition) is 0. The highest BCUT2D eigenvalue weighted by molar-refractivity contribution is 6.80. The predicted octanol–water partition coefficient (Wildman–Crippen LogP) is 2.95. The van der Waals surface area contributed by atoms with E-state index in [1.54, 1.807) is 13.8 Å². The maximum Gasteiger partial charge on any atom is 0.324 e. The summed E-state index contributed by atoms with van der Waals surface area (Å²) in [7, 11) is -1.42. The second-order valence-electron chi connectivity index (χ2n) is 5.88. The first kappa shape index (κ1) is 19.5. The Kier molecular flexibility index (Phi) is 8.04. The van der Waals surface area contributed by atoms with E-state index in [1.807, 2.05) is 6.08 Å². The van der Waals surface area contributed by atoms with Gasteiger partial charge in [0, 0.05) is 6.42 Å². The van der Waals surface area contributed by atoms with Crippen molar-refractivity contribution in [3.63, 3.8) is 0 Å². The van der Waals surface area contributed by atoms with E-state index in [4.69, 9.17) is 15.9 Å². The van der Waals surface area contributed by atoms with E-state index in [0.29, 0.717) is 0 Å². The molecule has 0 bridgehead atoms. The largest absolute Gasteiger partial charge is 0.465 e. The fraction of sp³-hybridized carbons (Fsp3) is 0.625. The first-order valence-corrected chi connectivity index (χ1v) is 10.8. The van der Waals surface area contributed by atoms with Crippen molar-refractivity contribution >= 4 is 20.0 Å². The zero-order chi connectivity index (χ0) is 16.5. The number of carbonyl (C=O) groups is 2. The summed E-state index contributed by atoms with van der Waals surface area (Å²) in [5, 5.41) is 0. The second-order valence-corrected chi connectivity index (χ2v) is 10.9. The Balaban J connectivity index is 5.47. The maximum atomic E-state index is 12.3. The Morgan fingerprint density at radius 2 is 1.62 bits per heavy atom. The predicted molar refractivity (Wildman–Crippen MR) is 86.3 cm³/mol. The lowest BCUT2D eigenvalue weighted by Gasteiger charge is -2.26. The number of carbonyl (C=O) groups excluding carboxylic acids is 2. The molecule has 0 aliphatic heterocycles. The fourth-order valence-corrected chi connectivity index (χ4v) is 2.62. The Morgan fingerprint density at radius 3 is 1.95 bits per heavy atom. The normalized spacial score (nSPS) is 12.0. The van der Waals surface area contributed by atoms with Gasteiger partial charge < -0.3 is 9.47 Å². The van der Waals surface area contributed by atoms with E-state index < -0.39 is 25.4 Å². The molecule has 0 N–H and O–H groups in total. The molecule has 0 heterocycles. The van der Waals surface area contributed by atoms with Gasteiger partial charge in [0.2, 0.25) is 0 Å². The number of terminal acetylenes is 1. The van der Waals surface area contributed by atoms with Crippen molar-refractivity contribution in [2.75, 3.05) is 13.2 Å². The third kappa shape index (κ3) is 6.17. The summed E-state index contributed by atoms with van der Waals surface area (Å²) in [6.07, 6.45) is 7.40. The Bertz CT molecular complexity index is 409. The third-order valence-corrected chi connectivity index (χ3v) is 4.06. The maximum absolute atomic E-state index is 12.3. The zero-order valence-corrected chi connectivity index (χ0v) is 14.7. The van der Waals surface area contributed by atoms with Crippen LogP contribution in [0, 0.1) is 17.8 Å². The van der Waals surface area contributed by atoms with Gasteiger partial charge in [0.25, 0.3) is 0 Å². The molecular weight excluding hydrogens is 284 g/mol. The number of rotatable bonds is 8. The first-order chi connectivity index (χ1) is 9.73. The van der Waals surface area contributed by atoms with Gasteiger partial charge in [-0.15, -0.1) is 12.3 Å². The van der Waals surface area contributed by atoms with Crippen molar-refractivity contribution in [3.8, 4) is 12.3 Å². The molecule has 0 rings (SSSR count). The van der Waals surface area contributed by atoms with E-state index >= 15 is 0 Å². The van der Waals surface area contributed by atoms with Crippen LogP contribution in [-0.2, 0) is 19.1 Å². The van der Waals surface area contributed by atoms with Gasteiger partial charge in [-0.25, -0.2) is 0 Å². The molecule has 0 aliphatic carbocycles. The number of ether oxygens (including phenoxy) is 2. The summed E-state index contributed by atoms with van der Waals surface area (Å²) in [6, 6.07) is 0. The molecular formula is C16H26O4Si. The summed E-state index contributed by atoms with van der Waals surface area (Å²) in [6.45, 7) is 10.3. The van der Waals surface area contributed by atoms with Gasteiger partial charge in [-0.2, -0.15) is 0 Å². The summed E-state index contributed by atoms with van der Waals surface area (Å²) < 4.78 is 10.1. The monoisotopic (exact) mass is 310 g/mol. The molecule has 0 spiro atoms. The highest BCUT2D eigenvalue weighted by atomic mass is 28.3. The van der Waals surface area contributed by atoms with E-state index in [-0.39, 0.29) is 26.1 Å². The van der Waals surface area contributed by atoms with Crippen LogP contribution in [0.3, 0.4) is 0 Å². The van der Waals surface area contributed by atoms with Gasteiger partial charge in [0.15, 0.2) is 5.41 Å². The molecule has 5 heteroatoms. The Morgan fingerprint density at radius 1 is 1.14 bits per heavy atom. The molecule has 0 amide bonds. The minimum Gasteiger partial charge on any atom is -0.465 e. The minimum atomic E-state index is -1.43. The molecule has 4 nitrogen and oxygen atoms in total. The number of hydrogen-bond acceptors (Lipinski definition) is 4. The van der Waals surface area contributed by atoms with E-state index in [0.717, 1.165) is 0 Å². The van der Waals surface area contributed by atoms with E-state index in [1.165, 1.54) is 0 Å². The lowest BCUT2D eigenvalue weighted by Crippen LogP contribution is -2.41. The van der Waals surface area contributed by atoms with Gasteiger partial charge >= 0.3 is 11.9 Å². The van der Waals surface area contributed by atoms with E-state index in [2.05, 4.69) is 31.3 Å². The fourth-order valence-electron chi connectivity index (χ4n) is 1.79. The molecule has 118 valence electrons. The molecule has 0 radical (unpaired) electrons. The molecule has 0 saturated carbocycles. The molecule has 0 aliphatic rings. The summed E-state index contributed by atoms with van der Waals surface area (Å²) in [4.78, 5) is 24.6. The second kappa shape index (κ2) is 8.68. The highest BCUT2D eigenvalue weighted by Gasteiger charge is 2.47. The van der Waals surface area contributed by atoms with Gasteiger partial charge in [-0.3, -0.25) is 9.59 Å². The molecule has 0 fully saturated rings. The van der Waals surface area contributed by atoms with Crippen LogP contribution in [-0.4, -0.2) is 33.2 Å². The van der Waals surface area contributed by atoms with Gasteiger partial charge in [0.1, 0.15) is 0 Å². The third-order valence-electron chi connectivity index (χ3n) is 2.82. The summed E-state index contributed by atoms with van der Waals surface area (Å²) >= 11 is 0. The van der Waals surface area contributed by atoms with Crippen molar-refractivity contribution in [1.82, 2.24) is 0 Å². The molecule has 0 aromatic carbocycles. The smallest absolute Gasteiger partial charge is 0.324 e. The van der Waals surface area contributed by atoms with Crippen LogP contribution in [0.4, 0.5) is 0 Å². The minimum absolute atomic E-state index is 0.0271. The number of allylic oxidation sites excluding steroid dienone is 1. The average molecular weight is 310 g/mol. The van der Waals surface area contributed by atoms with Crippen LogP contribution in [0.15, 0.2) is 11.8 Å². The molecule has 0 aromatic rings.